The van der Waals surface area contributed by atoms with Crippen molar-refractivity contribution in [2.75, 3.05) is 23.7 Å². The summed E-state index contributed by atoms with van der Waals surface area (Å²) in [5, 5.41) is 19.3. The van der Waals surface area contributed by atoms with Crippen molar-refractivity contribution in [2.45, 2.75) is 19.0 Å². The number of halogens is 3. The van der Waals surface area contributed by atoms with Gasteiger partial charge < -0.3 is 26.0 Å². The fourth-order valence-electron chi connectivity index (χ4n) is 4.55. The van der Waals surface area contributed by atoms with E-state index in [1.54, 1.807) is 54.6 Å². The number of rotatable bonds is 7. The molecule has 3 aromatic rings. The highest BCUT2D eigenvalue weighted by atomic mass is 35.5. The number of carbonyl (C=O) groups is 3. The average molecular weight is 589 g/mol. The van der Waals surface area contributed by atoms with Crippen molar-refractivity contribution in [3.63, 3.8) is 0 Å². The standard InChI is InChI=1S/C27H23Cl2N5O4.ClH/c28-18-8-17(9-19(29)11-18)23(13-24(35)36)34-14-16-4-5-21(12-22(16)26(34)38)32-25(37)15-2-1-3-20(10-15)33-27-30-6-7-31-27;/h1-5,8-12,23H,6-7,13-14H2,(H,32,37)(H,35,36)(H2,30,31,33);1H. The van der Waals surface area contributed by atoms with Crippen molar-refractivity contribution in [3.8, 4) is 0 Å². The number of nitrogens with zero attached hydrogens (tertiary/aromatic N) is 2. The Bertz CT molecular complexity index is 1460. The van der Waals surface area contributed by atoms with E-state index < -0.39 is 12.0 Å². The fraction of sp³-hybridized carbons (Fsp3) is 0.185. The zero-order valence-corrected chi connectivity index (χ0v) is 22.7. The summed E-state index contributed by atoms with van der Waals surface area (Å²) >= 11 is 12.3. The van der Waals surface area contributed by atoms with Gasteiger partial charge in [-0.1, -0.05) is 35.3 Å². The number of aliphatic imine (C=N–C) groups is 1. The number of hydrogen-bond donors (Lipinski definition) is 4. The van der Waals surface area contributed by atoms with Gasteiger partial charge in [0.15, 0.2) is 5.96 Å². The molecular weight excluding hydrogens is 565 g/mol. The van der Waals surface area contributed by atoms with Gasteiger partial charge in [0, 0.05) is 45.6 Å². The lowest BCUT2D eigenvalue weighted by molar-refractivity contribution is -0.138. The first kappa shape index (κ1) is 28.2. The van der Waals surface area contributed by atoms with Crippen molar-refractivity contribution in [2.24, 2.45) is 4.99 Å². The van der Waals surface area contributed by atoms with E-state index in [0.29, 0.717) is 44.9 Å². The Morgan fingerprint density at radius 3 is 2.51 bits per heavy atom. The number of hydrogen-bond acceptors (Lipinski definition) is 6. The van der Waals surface area contributed by atoms with Crippen molar-refractivity contribution < 1.29 is 19.5 Å². The van der Waals surface area contributed by atoms with Crippen LogP contribution in [0.15, 0.2) is 65.7 Å². The monoisotopic (exact) mass is 587 g/mol. The second-order valence-corrected chi connectivity index (χ2v) is 9.81. The molecule has 0 spiro atoms. The predicted octanol–water partition coefficient (Wildman–Crippen LogP) is 5.21. The number of benzene rings is 3. The van der Waals surface area contributed by atoms with E-state index in [1.807, 2.05) is 6.07 Å². The lowest BCUT2D eigenvalue weighted by Crippen LogP contribution is -2.31. The van der Waals surface area contributed by atoms with Gasteiger partial charge in [-0.15, -0.1) is 12.4 Å². The first-order chi connectivity index (χ1) is 18.3. The largest absolute Gasteiger partial charge is 0.481 e. The van der Waals surface area contributed by atoms with E-state index in [4.69, 9.17) is 23.2 Å². The molecule has 0 saturated heterocycles. The minimum absolute atomic E-state index is 0. The van der Waals surface area contributed by atoms with Crippen LogP contribution in [-0.2, 0) is 11.3 Å². The molecule has 202 valence electrons. The van der Waals surface area contributed by atoms with Crippen LogP contribution < -0.4 is 16.0 Å². The van der Waals surface area contributed by atoms with Gasteiger partial charge in [-0.3, -0.25) is 19.4 Å². The summed E-state index contributed by atoms with van der Waals surface area (Å²) in [6.45, 7) is 1.68. The van der Waals surface area contributed by atoms with Crippen LogP contribution in [0.5, 0.6) is 0 Å². The summed E-state index contributed by atoms with van der Waals surface area (Å²) in [5.41, 5.74) is 3.26. The van der Waals surface area contributed by atoms with Gasteiger partial charge in [0.1, 0.15) is 0 Å². The molecule has 0 radical (unpaired) electrons. The molecule has 0 bridgehead atoms. The Labute approximate surface area is 240 Å². The quantitative estimate of drug-likeness (QED) is 0.301. The summed E-state index contributed by atoms with van der Waals surface area (Å²) in [6.07, 6.45) is -0.313. The van der Waals surface area contributed by atoms with Crippen molar-refractivity contribution >= 4 is 70.7 Å². The topological polar surface area (TPSA) is 123 Å². The lowest BCUT2D eigenvalue weighted by Gasteiger charge is -2.27. The lowest BCUT2D eigenvalue weighted by atomic mass is 10.0. The highest BCUT2D eigenvalue weighted by molar-refractivity contribution is 6.34. The van der Waals surface area contributed by atoms with Crippen LogP contribution in [-0.4, -0.2) is 46.8 Å². The Morgan fingerprint density at radius 1 is 1.05 bits per heavy atom. The number of carboxylic acid groups (broad SMARTS) is 1. The van der Waals surface area contributed by atoms with Crippen LogP contribution in [0.4, 0.5) is 11.4 Å². The molecule has 0 fully saturated rings. The average Bonchev–Trinajstić information content (AvgIpc) is 3.50. The van der Waals surface area contributed by atoms with Crippen LogP contribution in [0.25, 0.3) is 0 Å². The molecule has 9 nitrogen and oxygen atoms in total. The third-order valence-corrected chi connectivity index (χ3v) is 6.71. The zero-order chi connectivity index (χ0) is 26.8. The van der Waals surface area contributed by atoms with Crippen molar-refractivity contribution in [1.82, 2.24) is 10.2 Å². The summed E-state index contributed by atoms with van der Waals surface area (Å²) in [5.74, 6) is -1.08. The van der Waals surface area contributed by atoms with E-state index in [-0.39, 0.29) is 37.2 Å². The van der Waals surface area contributed by atoms with E-state index >= 15 is 0 Å². The maximum absolute atomic E-state index is 13.4. The molecule has 1 unspecified atom stereocenters. The van der Waals surface area contributed by atoms with Crippen LogP contribution in [0.2, 0.25) is 10.0 Å². The van der Waals surface area contributed by atoms with Crippen molar-refractivity contribution in [3.05, 3.63) is 93.0 Å². The maximum atomic E-state index is 13.4. The number of carbonyl (C=O) groups excluding carboxylic acids is 2. The molecular formula is C27H24Cl3N5O4. The van der Waals surface area contributed by atoms with E-state index in [0.717, 1.165) is 17.8 Å². The summed E-state index contributed by atoms with van der Waals surface area (Å²) < 4.78 is 0. The summed E-state index contributed by atoms with van der Waals surface area (Å²) in [7, 11) is 0. The molecule has 39 heavy (non-hydrogen) atoms. The molecule has 5 rings (SSSR count). The zero-order valence-electron chi connectivity index (χ0n) is 20.4. The van der Waals surface area contributed by atoms with Gasteiger partial charge >= 0.3 is 5.97 Å². The van der Waals surface area contributed by atoms with Gasteiger partial charge in [0.2, 0.25) is 0 Å². The van der Waals surface area contributed by atoms with Crippen molar-refractivity contribution in [1.29, 1.82) is 0 Å². The molecule has 0 saturated carbocycles. The molecule has 2 amide bonds. The number of fused-ring (bicyclic) bond motifs is 1. The minimum Gasteiger partial charge on any atom is -0.481 e. The number of anilines is 2. The van der Waals surface area contributed by atoms with Crippen LogP contribution in [0, 0.1) is 0 Å². The number of aliphatic carboxylic acids is 1. The number of carboxylic acids is 1. The summed E-state index contributed by atoms with van der Waals surface area (Å²) in [4.78, 5) is 43.8. The predicted molar refractivity (Wildman–Crippen MR) is 153 cm³/mol. The molecule has 1 atom stereocenters. The highest BCUT2D eigenvalue weighted by Gasteiger charge is 2.35. The van der Waals surface area contributed by atoms with E-state index in [1.165, 1.54) is 4.90 Å². The Hall–Kier alpha value is -3.79. The first-order valence-electron chi connectivity index (χ1n) is 11.9. The number of amides is 2. The molecule has 4 N–H and O–H groups in total. The second kappa shape index (κ2) is 11.9. The second-order valence-electron chi connectivity index (χ2n) is 8.94. The normalized spacial score (nSPS) is 14.6. The smallest absolute Gasteiger partial charge is 0.305 e. The van der Waals surface area contributed by atoms with Crippen LogP contribution in [0.3, 0.4) is 0 Å². The molecule has 2 heterocycles. The van der Waals surface area contributed by atoms with Gasteiger partial charge in [-0.2, -0.15) is 0 Å². The van der Waals surface area contributed by atoms with E-state index in [9.17, 15) is 19.5 Å². The molecule has 3 aromatic carbocycles. The first-order valence-corrected chi connectivity index (χ1v) is 12.6. The fourth-order valence-corrected chi connectivity index (χ4v) is 5.10. The highest BCUT2D eigenvalue weighted by Crippen LogP contribution is 2.36. The Balaban J connectivity index is 0.00000353. The molecule has 2 aliphatic rings. The minimum atomic E-state index is -1.06. The third kappa shape index (κ3) is 6.44. The number of nitrogens with one attached hydrogen (secondary N) is 3. The molecule has 0 aliphatic carbocycles. The number of guanidine groups is 1. The SMILES string of the molecule is Cl.O=C(O)CC(c1cc(Cl)cc(Cl)c1)N1Cc2ccc(NC(=O)c3cccc(NC4=NCCN4)c3)cc2C1=O. The van der Waals surface area contributed by atoms with Gasteiger partial charge in [0.05, 0.1) is 19.0 Å². The Kier molecular flexibility index (Phi) is 8.64. The van der Waals surface area contributed by atoms with E-state index in [2.05, 4.69) is 20.9 Å². The van der Waals surface area contributed by atoms with Crippen LogP contribution in [0.1, 0.15) is 44.3 Å². The third-order valence-electron chi connectivity index (χ3n) is 6.28. The van der Waals surface area contributed by atoms with Gasteiger partial charge in [-0.25, -0.2) is 0 Å². The molecule has 2 aliphatic heterocycles. The summed E-state index contributed by atoms with van der Waals surface area (Å²) in [6, 6.07) is 16.1. The van der Waals surface area contributed by atoms with Crippen LogP contribution >= 0.6 is 35.6 Å². The maximum Gasteiger partial charge on any atom is 0.305 e. The Morgan fingerprint density at radius 2 is 1.82 bits per heavy atom. The van der Waals surface area contributed by atoms with Gasteiger partial charge in [0.25, 0.3) is 11.8 Å². The van der Waals surface area contributed by atoms with Gasteiger partial charge in [-0.05, 0) is 59.7 Å². The molecule has 12 heteroatoms. The molecule has 0 aromatic heterocycles.